The Morgan fingerprint density at radius 1 is 0.441 bits per heavy atom. The van der Waals surface area contributed by atoms with Crippen molar-refractivity contribution in [2.75, 3.05) is 47.5 Å². The van der Waals surface area contributed by atoms with E-state index in [4.69, 9.17) is 18.5 Å². The maximum Gasteiger partial charge on any atom is 0.306 e. The maximum atomic E-state index is 12.8. The molecule has 2 atom stereocenters. The molecule has 0 radical (unpaired) electrons. The van der Waals surface area contributed by atoms with Gasteiger partial charge in [0.25, 0.3) is 7.82 Å². The van der Waals surface area contributed by atoms with Crippen LogP contribution in [0.15, 0.2) is 12.2 Å². The fraction of sp³-hybridized carbons (Fsp3) is 0.931. The Hall–Kier alpha value is -1.25. The van der Waals surface area contributed by atoms with Gasteiger partial charge in [0.1, 0.15) is 19.8 Å². The molecule has 0 amide bonds. The van der Waals surface area contributed by atoms with Gasteiger partial charge in [-0.05, 0) is 38.5 Å². The third-order valence-electron chi connectivity index (χ3n) is 13.3. The van der Waals surface area contributed by atoms with E-state index in [-0.39, 0.29) is 32.0 Å². The lowest BCUT2D eigenvalue weighted by atomic mass is 10.0. The largest absolute Gasteiger partial charge is 0.756 e. The quantitative estimate of drug-likeness (QED) is 0.0195. The van der Waals surface area contributed by atoms with Gasteiger partial charge in [0.15, 0.2) is 6.10 Å². The number of quaternary nitrogens is 1. The fourth-order valence-corrected chi connectivity index (χ4v) is 9.44. The molecule has 0 fully saturated rings. The second kappa shape index (κ2) is 50.7. The van der Waals surface area contributed by atoms with Gasteiger partial charge in [0, 0.05) is 12.8 Å². The highest BCUT2D eigenvalue weighted by Crippen LogP contribution is 2.38. The standard InChI is InChI=1S/C58H114NO8P/c1-6-8-10-12-14-16-18-20-22-23-24-25-26-27-28-29-30-31-32-33-34-35-37-39-41-43-45-47-49-51-58(61)67-56(55-66-68(62,63)65-53-52-59(3,4)5)54-64-57(60)50-48-46-44-42-40-38-36-21-19-17-15-13-11-9-7-2/h23-24,56H,6-22,25-55H2,1-5H3/b24-23-. The van der Waals surface area contributed by atoms with Gasteiger partial charge in [-0.2, -0.15) is 0 Å². The molecule has 0 N–H and O–H groups in total. The Morgan fingerprint density at radius 2 is 0.750 bits per heavy atom. The van der Waals surface area contributed by atoms with Crippen molar-refractivity contribution >= 4 is 19.8 Å². The molecule has 404 valence electrons. The molecule has 0 saturated heterocycles. The summed E-state index contributed by atoms with van der Waals surface area (Å²) in [5.41, 5.74) is 0. The number of phosphoric ester groups is 1. The number of likely N-dealkylation sites (N-methyl/N-ethyl adjacent to an activating group) is 1. The van der Waals surface area contributed by atoms with Gasteiger partial charge in [0.2, 0.25) is 0 Å². The molecule has 0 aromatic carbocycles. The Kier molecular flexibility index (Phi) is 49.8. The van der Waals surface area contributed by atoms with Gasteiger partial charge < -0.3 is 27.9 Å². The maximum absolute atomic E-state index is 12.8. The highest BCUT2D eigenvalue weighted by atomic mass is 31.2. The number of unbranched alkanes of at least 4 members (excludes halogenated alkanes) is 39. The van der Waals surface area contributed by atoms with Crippen molar-refractivity contribution in [3.8, 4) is 0 Å². The summed E-state index contributed by atoms with van der Waals surface area (Å²) in [7, 11) is 1.19. The number of esters is 2. The van der Waals surface area contributed by atoms with Gasteiger partial charge in [-0.15, -0.1) is 0 Å². The molecule has 0 aromatic rings. The molecule has 68 heavy (non-hydrogen) atoms. The minimum absolute atomic E-state index is 0.0264. The van der Waals surface area contributed by atoms with E-state index in [1.54, 1.807) is 0 Å². The predicted octanol–water partition coefficient (Wildman–Crippen LogP) is 17.4. The Labute approximate surface area is 422 Å². The van der Waals surface area contributed by atoms with Crippen LogP contribution in [0.4, 0.5) is 0 Å². The van der Waals surface area contributed by atoms with Crippen LogP contribution in [0, 0.1) is 0 Å². The minimum Gasteiger partial charge on any atom is -0.756 e. The van der Waals surface area contributed by atoms with Crippen molar-refractivity contribution in [2.45, 2.75) is 302 Å². The average Bonchev–Trinajstić information content (AvgIpc) is 3.30. The van der Waals surface area contributed by atoms with Crippen molar-refractivity contribution in [1.29, 1.82) is 0 Å². The zero-order chi connectivity index (χ0) is 49.9. The Morgan fingerprint density at radius 3 is 1.09 bits per heavy atom. The minimum atomic E-state index is -4.63. The van der Waals surface area contributed by atoms with Gasteiger partial charge in [-0.3, -0.25) is 14.2 Å². The highest BCUT2D eigenvalue weighted by Gasteiger charge is 2.22. The topological polar surface area (TPSA) is 111 Å². The monoisotopic (exact) mass is 984 g/mol. The number of phosphoric acid groups is 1. The second-order valence-corrected chi connectivity index (χ2v) is 22.8. The molecule has 0 aliphatic rings. The van der Waals surface area contributed by atoms with Crippen molar-refractivity contribution in [1.82, 2.24) is 0 Å². The summed E-state index contributed by atoms with van der Waals surface area (Å²) in [6.07, 6.45) is 58.4. The molecule has 10 heteroatoms. The van der Waals surface area contributed by atoms with Crippen molar-refractivity contribution in [3.63, 3.8) is 0 Å². The van der Waals surface area contributed by atoms with E-state index in [1.807, 2.05) is 21.1 Å². The molecule has 0 bridgehead atoms. The molecule has 0 heterocycles. The number of allylic oxidation sites excluding steroid dienone is 2. The van der Waals surface area contributed by atoms with Crippen LogP contribution < -0.4 is 4.89 Å². The molecule has 2 unspecified atom stereocenters. The van der Waals surface area contributed by atoms with Crippen LogP contribution in [0.3, 0.4) is 0 Å². The Bertz CT molecular complexity index is 1160. The summed E-state index contributed by atoms with van der Waals surface area (Å²) in [6.45, 7) is 4.29. The van der Waals surface area contributed by atoms with Crippen LogP contribution in [-0.2, 0) is 32.7 Å². The van der Waals surface area contributed by atoms with E-state index in [0.717, 1.165) is 32.1 Å². The van der Waals surface area contributed by atoms with Crippen LogP contribution in [0.5, 0.6) is 0 Å². The summed E-state index contributed by atoms with van der Waals surface area (Å²) in [6, 6.07) is 0. The van der Waals surface area contributed by atoms with Crippen LogP contribution in [-0.4, -0.2) is 70.0 Å². The second-order valence-electron chi connectivity index (χ2n) is 21.4. The van der Waals surface area contributed by atoms with Crippen LogP contribution in [0.1, 0.15) is 296 Å². The van der Waals surface area contributed by atoms with Gasteiger partial charge in [0.05, 0.1) is 27.7 Å². The molecule has 0 spiro atoms. The van der Waals surface area contributed by atoms with Crippen LogP contribution in [0.2, 0.25) is 0 Å². The molecular formula is C58H114NO8P. The molecule has 0 aliphatic heterocycles. The van der Waals surface area contributed by atoms with Crippen molar-refractivity contribution in [2.24, 2.45) is 0 Å². The Balaban J connectivity index is 4.04. The number of rotatable bonds is 55. The van der Waals surface area contributed by atoms with Crippen LogP contribution in [0.25, 0.3) is 0 Å². The number of hydrogen-bond acceptors (Lipinski definition) is 8. The van der Waals surface area contributed by atoms with Gasteiger partial charge in [-0.25, -0.2) is 0 Å². The van der Waals surface area contributed by atoms with Crippen molar-refractivity contribution < 1.29 is 42.1 Å². The SMILES string of the molecule is CCCCCCCCCC/C=C\CCCCCCCCCCCCCCCCCCCC(=O)OC(COC(=O)CCCCCCCCCCCCCCCCC)COP(=O)([O-])OCC[N+](C)(C)C. The summed E-state index contributed by atoms with van der Waals surface area (Å²) in [5, 5.41) is 0. The third kappa shape index (κ3) is 54.1. The lowest BCUT2D eigenvalue weighted by Gasteiger charge is -2.28. The first-order valence-corrected chi connectivity index (χ1v) is 30.9. The normalized spacial score (nSPS) is 13.3. The number of carbonyl (C=O) groups excluding carboxylic acids is 2. The smallest absolute Gasteiger partial charge is 0.306 e. The van der Waals surface area contributed by atoms with Gasteiger partial charge >= 0.3 is 11.9 Å². The first-order valence-electron chi connectivity index (χ1n) is 29.4. The molecule has 0 aromatic heterocycles. The summed E-state index contributed by atoms with van der Waals surface area (Å²) in [4.78, 5) is 37.8. The highest BCUT2D eigenvalue weighted by molar-refractivity contribution is 7.45. The molecule has 0 saturated carbocycles. The zero-order valence-corrected chi connectivity index (χ0v) is 46.7. The number of nitrogens with zero attached hydrogens (tertiary/aromatic N) is 1. The number of hydrogen-bond donors (Lipinski definition) is 0. The van der Waals surface area contributed by atoms with E-state index >= 15 is 0 Å². The molecule has 0 aliphatic carbocycles. The average molecular weight is 985 g/mol. The van der Waals surface area contributed by atoms with E-state index in [2.05, 4.69) is 26.0 Å². The van der Waals surface area contributed by atoms with E-state index in [9.17, 15) is 19.0 Å². The lowest BCUT2D eigenvalue weighted by molar-refractivity contribution is -0.870. The molecular weight excluding hydrogens is 870 g/mol. The zero-order valence-electron chi connectivity index (χ0n) is 45.8. The van der Waals surface area contributed by atoms with E-state index < -0.39 is 26.5 Å². The summed E-state index contributed by atoms with van der Waals surface area (Å²) in [5.74, 6) is -0.814. The molecule has 0 rings (SSSR count). The first-order chi connectivity index (χ1) is 33.0. The lowest BCUT2D eigenvalue weighted by Crippen LogP contribution is -2.37. The van der Waals surface area contributed by atoms with Crippen LogP contribution >= 0.6 is 7.82 Å². The number of carbonyl (C=O) groups is 2. The summed E-state index contributed by atoms with van der Waals surface area (Å²) >= 11 is 0. The van der Waals surface area contributed by atoms with Gasteiger partial charge in [-0.1, -0.05) is 257 Å². The predicted molar refractivity (Wildman–Crippen MR) is 287 cm³/mol. The van der Waals surface area contributed by atoms with E-state index in [1.165, 1.54) is 231 Å². The fourth-order valence-electron chi connectivity index (χ4n) is 8.71. The molecule has 9 nitrogen and oxygen atoms in total. The third-order valence-corrected chi connectivity index (χ3v) is 14.2. The van der Waals surface area contributed by atoms with E-state index in [0.29, 0.717) is 17.4 Å². The van der Waals surface area contributed by atoms with Crippen molar-refractivity contribution in [3.05, 3.63) is 12.2 Å². The summed E-state index contributed by atoms with van der Waals surface area (Å²) < 4.78 is 34.1. The first kappa shape index (κ1) is 66.8. The number of ether oxygens (including phenoxy) is 2.